The highest BCUT2D eigenvalue weighted by atomic mass is 32.2. The van der Waals surface area contributed by atoms with Crippen molar-refractivity contribution in [3.63, 3.8) is 0 Å². The molecule has 142 valence electrons. The van der Waals surface area contributed by atoms with Crippen molar-refractivity contribution < 1.29 is 14.4 Å². The maximum atomic E-state index is 12.1. The molecule has 1 saturated carbocycles. The monoisotopic (exact) mass is 377 g/mol. The number of aryl methyl sites for hydroxylation is 1. The second kappa shape index (κ2) is 10.2. The highest BCUT2D eigenvalue weighted by Crippen LogP contribution is 2.23. The van der Waals surface area contributed by atoms with E-state index in [1.165, 1.54) is 18.2 Å². The van der Waals surface area contributed by atoms with Crippen LogP contribution in [0, 0.1) is 12.8 Å². The standard InChI is InChI=1S/C19H27N3O3S/c1-13-8-10-16(11-9-13)20-17(23)12-26-14(2)18(24)21-22-19(25)15-6-4-3-5-7-15/h8-11,14-15H,3-7,12H2,1-2H3,(H,20,23)(H,21,24)(H,22,25)/t14-/m1/s1. The number of carbonyl (C=O) groups excluding carboxylic acids is 3. The van der Waals surface area contributed by atoms with Crippen molar-refractivity contribution in [1.29, 1.82) is 0 Å². The van der Waals surface area contributed by atoms with E-state index >= 15 is 0 Å². The van der Waals surface area contributed by atoms with Crippen LogP contribution < -0.4 is 16.2 Å². The van der Waals surface area contributed by atoms with E-state index in [9.17, 15) is 14.4 Å². The van der Waals surface area contributed by atoms with E-state index in [1.807, 2.05) is 31.2 Å². The fourth-order valence-corrected chi connectivity index (χ4v) is 3.49. The highest BCUT2D eigenvalue weighted by molar-refractivity contribution is 8.01. The predicted molar refractivity (Wildman–Crippen MR) is 105 cm³/mol. The Morgan fingerprint density at radius 1 is 1.08 bits per heavy atom. The van der Waals surface area contributed by atoms with E-state index in [4.69, 9.17) is 0 Å². The van der Waals surface area contributed by atoms with Crippen LogP contribution >= 0.6 is 11.8 Å². The van der Waals surface area contributed by atoms with Crippen molar-refractivity contribution in [2.45, 2.75) is 51.2 Å². The minimum Gasteiger partial charge on any atom is -0.325 e. The second-order valence-corrected chi connectivity index (χ2v) is 8.01. The van der Waals surface area contributed by atoms with Gasteiger partial charge in [0.1, 0.15) is 0 Å². The topological polar surface area (TPSA) is 87.3 Å². The summed E-state index contributed by atoms with van der Waals surface area (Å²) in [7, 11) is 0. The Morgan fingerprint density at radius 3 is 2.38 bits per heavy atom. The zero-order valence-electron chi connectivity index (χ0n) is 15.3. The van der Waals surface area contributed by atoms with Crippen LogP contribution in [0.4, 0.5) is 5.69 Å². The first kappa shape index (κ1) is 20.3. The van der Waals surface area contributed by atoms with Crippen LogP contribution in [0.25, 0.3) is 0 Å². The molecule has 0 aliphatic heterocycles. The molecule has 1 aliphatic rings. The van der Waals surface area contributed by atoms with Gasteiger partial charge in [0, 0.05) is 11.6 Å². The Bertz CT molecular complexity index is 627. The zero-order valence-corrected chi connectivity index (χ0v) is 16.2. The zero-order chi connectivity index (χ0) is 18.9. The summed E-state index contributed by atoms with van der Waals surface area (Å²) in [5, 5.41) is 2.36. The normalized spacial score (nSPS) is 15.8. The summed E-state index contributed by atoms with van der Waals surface area (Å²) >= 11 is 1.23. The molecule has 0 aromatic heterocycles. The van der Waals surface area contributed by atoms with E-state index in [0.717, 1.165) is 36.9 Å². The van der Waals surface area contributed by atoms with Crippen LogP contribution in [0.2, 0.25) is 0 Å². The smallest absolute Gasteiger partial charge is 0.251 e. The van der Waals surface area contributed by atoms with Crippen LogP contribution in [0.5, 0.6) is 0 Å². The minimum absolute atomic E-state index is 0.00713. The lowest BCUT2D eigenvalue weighted by Crippen LogP contribution is -2.47. The lowest BCUT2D eigenvalue weighted by molar-refractivity contribution is -0.131. The lowest BCUT2D eigenvalue weighted by atomic mass is 9.89. The average Bonchev–Trinajstić information content (AvgIpc) is 2.66. The Hall–Kier alpha value is -2.02. The molecule has 0 spiro atoms. The van der Waals surface area contributed by atoms with Crippen molar-refractivity contribution in [1.82, 2.24) is 10.9 Å². The van der Waals surface area contributed by atoms with Crippen LogP contribution in [0.15, 0.2) is 24.3 Å². The molecule has 0 saturated heterocycles. The maximum absolute atomic E-state index is 12.1. The lowest BCUT2D eigenvalue weighted by Gasteiger charge is -2.21. The van der Waals surface area contributed by atoms with Gasteiger partial charge >= 0.3 is 0 Å². The van der Waals surface area contributed by atoms with Crippen molar-refractivity contribution in [3.05, 3.63) is 29.8 Å². The van der Waals surface area contributed by atoms with Crippen LogP contribution in [-0.4, -0.2) is 28.7 Å². The van der Waals surface area contributed by atoms with Gasteiger partial charge < -0.3 is 5.32 Å². The van der Waals surface area contributed by atoms with Crippen molar-refractivity contribution in [2.24, 2.45) is 5.92 Å². The summed E-state index contributed by atoms with van der Waals surface area (Å²) in [6, 6.07) is 7.53. The molecule has 0 bridgehead atoms. The van der Waals surface area contributed by atoms with E-state index in [0.29, 0.717) is 0 Å². The summed E-state index contributed by atoms with van der Waals surface area (Å²) in [5.41, 5.74) is 6.84. The first-order valence-electron chi connectivity index (χ1n) is 9.03. The Labute approximate surface area is 158 Å². The van der Waals surface area contributed by atoms with Crippen LogP contribution in [-0.2, 0) is 14.4 Å². The first-order chi connectivity index (χ1) is 12.5. The average molecular weight is 378 g/mol. The number of rotatable bonds is 6. The quantitative estimate of drug-likeness (QED) is 0.665. The highest BCUT2D eigenvalue weighted by Gasteiger charge is 2.22. The number of nitrogens with one attached hydrogen (secondary N) is 3. The summed E-state index contributed by atoms with van der Waals surface area (Å²) < 4.78 is 0. The molecule has 2 rings (SSSR count). The third kappa shape index (κ3) is 6.71. The van der Waals surface area contributed by atoms with Gasteiger partial charge in [-0.2, -0.15) is 0 Å². The van der Waals surface area contributed by atoms with E-state index in [2.05, 4.69) is 16.2 Å². The summed E-state index contributed by atoms with van der Waals surface area (Å²) in [6.45, 7) is 3.70. The van der Waals surface area contributed by atoms with Gasteiger partial charge in [-0.05, 0) is 38.8 Å². The van der Waals surface area contributed by atoms with Gasteiger partial charge in [0.25, 0.3) is 5.91 Å². The molecule has 3 amide bonds. The van der Waals surface area contributed by atoms with E-state index in [1.54, 1.807) is 6.92 Å². The van der Waals surface area contributed by atoms with Gasteiger partial charge in [-0.3, -0.25) is 25.2 Å². The molecular weight excluding hydrogens is 350 g/mol. The van der Waals surface area contributed by atoms with E-state index in [-0.39, 0.29) is 29.4 Å². The SMILES string of the molecule is Cc1ccc(NC(=O)CS[C@H](C)C(=O)NNC(=O)C2CCCCC2)cc1. The third-order valence-corrected chi connectivity index (χ3v) is 5.60. The molecular formula is C19H27N3O3S. The molecule has 0 unspecified atom stereocenters. The second-order valence-electron chi connectivity index (χ2n) is 6.68. The number of hydrogen-bond acceptors (Lipinski definition) is 4. The van der Waals surface area contributed by atoms with Crippen LogP contribution in [0.3, 0.4) is 0 Å². The molecule has 7 heteroatoms. The van der Waals surface area contributed by atoms with Gasteiger partial charge in [0.05, 0.1) is 11.0 Å². The first-order valence-corrected chi connectivity index (χ1v) is 10.1. The molecule has 3 N–H and O–H groups in total. The van der Waals surface area contributed by atoms with Gasteiger partial charge in [-0.1, -0.05) is 37.0 Å². The number of amides is 3. The van der Waals surface area contributed by atoms with Gasteiger partial charge in [-0.15, -0.1) is 11.8 Å². The largest absolute Gasteiger partial charge is 0.325 e. The van der Waals surface area contributed by atoms with Crippen molar-refractivity contribution >= 4 is 35.2 Å². The summed E-state index contributed by atoms with van der Waals surface area (Å²) in [5.74, 6) is -0.425. The van der Waals surface area contributed by atoms with Crippen LogP contribution in [0.1, 0.15) is 44.6 Å². The fourth-order valence-electron chi connectivity index (χ4n) is 2.80. The molecule has 1 fully saturated rings. The molecule has 0 heterocycles. The Kier molecular flexibility index (Phi) is 7.97. The minimum atomic E-state index is -0.439. The number of benzene rings is 1. The fraction of sp³-hybridized carbons (Fsp3) is 0.526. The third-order valence-electron chi connectivity index (χ3n) is 4.45. The number of hydrogen-bond donors (Lipinski definition) is 3. The molecule has 26 heavy (non-hydrogen) atoms. The molecule has 1 atom stereocenters. The summed E-state index contributed by atoms with van der Waals surface area (Å²) in [6.07, 6.45) is 5.06. The van der Waals surface area contributed by atoms with Gasteiger partial charge in [-0.25, -0.2) is 0 Å². The van der Waals surface area contributed by atoms with Crippen molar-refractivity contribution in [2.75, 3.05) is 11.1 Å². The van der Waals surface area contributed by atoms with Gasteiger partial charge in [0.15, 0.2) is 0 Å². The number of hydrazine groups is 1. The summed E-state index contributed by atoms with van der Waals surface area (Å²) in [4.78, 5) is 36.0. The maximum Gasteiger partial charge on any atom is 0.251 e. The molecule has 1 aromatic carbocycles. The van der Waals surface area contributed by atoms with E-state index < -0.39 is 5.25 Å². The number of carbonyl (C=O) groups is 3. The molecule has 6 nitrogen and oxygen atoms in total. The molecule has 0 radical (unpaired) electrons. The number of anilines is 1. The van der Waals surface area contributed by atoms with Gasteiger partial charge in [0.2, 0.25) is 11.8 Å². The molecule has 1 aromatic rings. The Balaban J connectivity index is 1.66. The Morgan fingerprint density at radius 2 is 1.73 bits per heavy atom. The molecule has 1 aliphatic carbocycles. The predicted octanol–water partition coefficient (Wildman–Crippen LogP) is 2.78. The number of thioether (sulfide) groups is 1. The van der Waals surface area contributed by atoms with Crippen molar-refractivity contribution in [3.8, 4) is 0 Å².